The topological polar surface area (TPSA) is 78.4 Å². The van der Waals surface area contributed by atoms with Gasteiger partial charge in [0.2, 0.25) is 0 Å². The van der Waals surface area contributed by atoms with Crippen LogP contribution in [-0.4, -0.2) is 22.6 Å². The third-order valence-corrected chi connectivity index (χ3v) is 2.68. The van der Waals surface area contributed by atoms with E-state index in [2.05, 4.69) is 10.6 Å². The SMILES string of the molecule is CC(NC(=O)NC(C)(C)C(=O)O)c1ccc(F)cc1. The monoisotopic (exact) mass is 268 g/mol. The van der Waals surface area contributed by atoms with Gasteiger partial charge in [-0.05, 0) is 38.5 Å². The molecule has 6 heteroatoms. The molecular weight excluding hydrogens is 251 g/mol. The lowest BCUT2D eigenvalue weighted by Crippen LogP contribution is -2.53. The molecule has 0 radical (unpaired) electrons. The molecule has 1 aromatic rings. The third-order valence-electron chi connectivity index (χ3n) is 2.68. The number of nitrogens with one attached hydrogen (secondary N) is 2. The van der Waals surface area contributed by atoms with Crippen molar-refractivity contribution in [2.75, 3.05) is 0 Å². The van der Waals surface area contributed by atoms with E-state index < -0.39 is 17.5 Å². The molecule has 1 unspecified atom stereocenters. The summed E-state index contributed by atoms with van der Waals surface area (Å²) in [7, 11) is 0. The normalized spacial score (nSPS) is 12.6. The molecule has 104 valence electrons. The van der Waals surface area contributed by atoms with Gasteiger partial charge in [-0.3, -0.25) is 0 Å². The van der Waals surface area contributed by atoms with Crippen LogP contribution >= 0.6 is 0 Å². The van der Waals surface area contributed by atoms with E-state index >= 15 is 0 Å². The van der Waals surface area contributed by atoms with Gasteiger partial charge in [0.15, 0.2) is 0 Å². The van der Waals surface area contributed by atoms with Crippen LogP contribution in [-0.2, 0) is 4.79 Å². The fraction of sp³-hybridized carbons (Fsp3) is 0.385. The van der Waals surface area contributed by atoms with E-state index in [0.29, 0.717) is 0 Å². The number of carbonyl (C=O) groups is 2. The lowest BCUT2D eigenvalue weighted by molar-refractivity contribution is -0.142. The number of hydrogen-bond donors (Lipinski definition) is 3. The van der Waals surface area contributed by atoms with Crippen LogP contribution in [0.25, 0.3) is 0 Å². The number of urea groups is 1. The zero-order valence-corrected chi connectivity index (χ0v) is 11.0. The molecule has 5 nitrogen and oxygen atoms in total. The predicted octanol–water partition coefficient (Wildman–Crippen LogP) is 2.05. The zero-order chi connectivity index (χ0) is 14.6. The average Bonchev–Trinajstić information content (AvgIpc) is 2.28. The first kappa shape index (κ1) is 14.9. The fourth-order valence-corrected chi connectivity index (χ4v) is 1.40. The van der Waals surface area contributed by atoms with Gasteiger partial charge in [-0.1, -0.05) is 12.1 Å². The van der Waals surface area contributed by atoms with Crippen molar-refractivity contribution in [2.24, 2.45) is 0 Å². The molecule has 19 heavy (non-hydrogen) atoms. The van der Waals surface area contributed by atoms with Gasteiger partial charge < -0.3 is 15.7 Å². The summed E-state index contributed by atoms with van der Waals surface area (Å²) >= 11 is 0. The van der Waals surface area contributed by atoms with Crippen molar-refractivity contribution in [1.29, 1.82) is 0 Å². The summed E-state index contributed by atoms with van der Waals surface area (Å²) in [6, 6.07) is 4.76. The number of aliphatic carboxylic acids is 1. The first-order chi connectivity index (χ1) is 8.72. The maximum atomic E-state index is 12.8. The lowest BCUT2D eigenvalue weighted by atomic mass is 10.1. The maximum absolute atomic E-state index is 12.8. The molecule has 2 amide bonds. The Bertz CT molecular complexity index is 471. The van der Waals surface area contributed by atoms with Crippen molar-refractivity contribution >= 4 is 12.0 Å². The van der Waals surface area contributed by atoms with Crippen LogP contribution in [0.3, 0.4) is 0 Å². The first-order valence-electron chi connectivity index (χ1n) is 5.80. The van der Waals surface area contributed by atoms with Crippen molar-refractivity contribution in [3.8, 4) is 0 Å². The van der Waals surface area contributed by atoms with Gasteiger partial charge in [-0.15, -0.1) is 0 Å². The second-order valence-corrected chi connectivity index (χ2v) is 4.80. The number of amides is 2. The molecule has 0 saturated heterocycles. The standard InChI is InChI=1S/C13H17FN2O3/c1-8(9-4-6-10(14)7-5-9)15-12(19)16-13(2,3)11(17)18/h4-8H,1-3H3,(H,17,18)(H2,15,16,19). The minimum absolute atomic E-state index is 0.354. The molecule has 0 bridgehead atoms. The molecule has 0 aliphatic heterocycles. The van der Waals surface area contributed by atoms with Gasteiger partial charge in [-0.25, -0.2) is 14.0 Å². The molecule has 1 aromatic carbocycles. The van der Waals surface area contributed by atoms with Crippen molar-refractivity contribution in [2.45, 2.75) is 32.4 Å². The van der Waals surface area contributed by atoms with Gasteiger partial charge >= 0.3 is 12.0 Å². The Kier molecular flexibility index (Phi) is 4.47. The van der Waals surface area contributed by atoms with E-state index in [9.17, 15) is 14.0 Å². The maximum Gasteiger partial charge on any atom is 0.328 e. The number of carboxylic acid groups (broad SMARTS) is 1. The molecule has 0 aromatic heterocycles. The van der Waals surface area contributed by atoms with Crippen LogP contribution in [0, 0.1) is 5.82 Å². The van der Waals surface area contributed by atoms with Crippen LogP contribution in [0.4, 0.5) is 9.18 Å². The van der Waals surface area contributed by atoms with Crippen molar-refractivity contribution in [1.82, 2.24) is 10.6 Å². The van der Waals surface area contributed by atoms with Crippen molar-refractivity contribution < 1.29 is 19.1 Å². The highest BCUT2D eigenvalue weighted by molar-refractivity contribution is 5.85. The largest absolute Gasteiger partial charge is 0.480 e. The summed E-state index contributed by atoms with van der Waals surface area (Å²) in [5.41, 5.74) is -0.628. The number of benzene rings is 1. The number of carboxylic acids is 1. The van der Waals surface area contributed by atoms with Crippen molar-refractivity contribution in [3.05, 3.63) is 35.6 Å². The molecule has 0 saturated carbocycles. The van der Waals surface area contributed by atoms with Gasteiger partial charge in [0, 0.05) is 0 Å². The predicted molar refractivity (Wildman–Crippen MR) is 68.2 cm³/mol. The Morgan fingerprint density at radius 3 is 2.26 bits per heavy atom. The van der Waals surface area contributed by atoms with Gasteiger partial charge in [0.1, 0.15) is 11.4 Å². The summed E-state index contributed by atoms with van der Waals surface area (Å²) < 4.78 is 12.8. The second kappa shape index (κ2) is 5.69. The van der Waals surface area contributed by atoms with E-state index in [1.165, 1.54) is 26.0 Å². The number of halogens is 1. The van der Waals surface area contributed by atoms with E-state index in [1.807, 2.05) is 0 Å². The molecule has 0 fully saturated rings. The molecule has 0 heterocycles. The summed E-state index contributed by atoms with van der Waals surface area (Å²) in [5, 5.41) is 13.8. The second-order valence-electron chi connectivity index (χ2n) is 4.80. The van der Waals surface area contributed by atoms with Crippen LogP contribution in [0.15, 0.2) is 24.3 Å². The van der Waals surface area contributed by atoms with E-state index in [1.54, 1.807) is 19.1 Å². The van der Waals surface area contributed by atoms with Crippen LogP contribution in [0.2, 0.25) is 0 Å². The summed E-state index contributed by atoms with van der Waals surface area (Å²) in [6.45, 7) is 4.50. The van der Waals surface area contributed by atoms with Gasteiger partial charge in [0.25, 0.3) is 0 Å². The molecule has 1 atom stereocenters. The highest BCUT2D eigenvalue weighted by Gasteiger charge is 2.29. The smallest absolute Gasteiger partial charge is 0.328 e. The molecule has 1 rings (SSSR count). The zero-order valence-electron chi connectivity index (χ0n) is 11.0. The van der Waals surface area contributed by atoms with Gasteiger partial charge in [0.05, 0.1) is 6.04 Å². The van der Waals surface area contributed by atoms with Crippen LogP contribution in [0.5, 0.6) is 0 Å². The average molecular weight is 268 g/mol. The van der Waals surface area contributed by atoms with Crippen LogP contribution < -0.4 is 10.6 Å². The quantitative estimate of drug-likeness (QED) is 0.782. The Morgan fingerprint density at radius 2 is 1.79 bits per heavy atom. The highest BCUT2D eigenvalue weighted by Crippen LogP contribution is 2.13. The Morgan fingerprint density at radius 1 is 1.26 bits per heavy atom. The first-order valence-corrected chi connectivity index (χ1v) is 5.80. The third kappa shape index (κ3) is 4.24. The van der Waals surface area contributed by atoms with E-state index in [4.69, 9.17) is 5.11 Å². The molecular formula is C13H17FN2O3. The minimum Gasteiger partial charge on any atom is -0.480 e. The number of rotatable bonds is 4. The number of carbonyl (C=O) groups excluding carboxylic acids is 1. The molecule has 0 spiro atoms. The summed E-state index contributed by atoms with van der Waals surface area (Å²) in [4.78, 5) is 22.5. The van der Waals surface area contributed by atoms with Crippen LogP contribution in [0.1, 0.15) is 32.4 Å². The Hall–Kier alpha value is -2.11. The Balaban J connectivity index is 2.62. The Labute approximate surface area is 110 Å². The molecule has 3 N–H and O–H groups in total. The molecule has 0 aliphatic rings. The number of hydrogen-bond acceptors (Lipinski definition) is 2. The van der Waals surface area contributed by atoms with Gasteiger partial charge in [-0.2, -0.15) is 0 Å². The lowest BCUT2D eigenvalue weighted by Gasteiger charge is -2.23. The molecule has 0 aliphatic carbocycles. The van der Waals surface area contributed by atoms with E-state index in [-0.39, 0.29) is 11.9 Å². The van der Waals surface area contributed by atoms with Crippen molar-refractivity contribution in [3.63, 3.8) is 0 Å². The van der Waals surface area contributed by atoms with E-state index in [0.717, 1.165) is 5.56 Å². The summed E-state index contributed by atoms with van der Waals surface area (Å²) in [5.74, 6) is -1.48. The fourth-order valence-electron chi connectivity index (χ4n) is 1.40. The summed E-state index contributed by atoms with van der Waals surface area (Å²) in [6.07, 6.45) is 0. The minimum atomic E-state index is -1.35. The highest BCUT2D eigenvalue weighted by atomic mass is 19.1.